The topological polar surface area (TPSA) is 96.3 Å². The monoisotopic (exact) mass is 534 g/mol. The van der Waals surface area contributed by atoms with Crippen LogP contribution in [-0.4, -0.2) is 38.3 Å². The highest BCUT2D eigenvalue weighted by Crippen LogP contribution is 2.43. The number of nitriles is 1. The minimum absolute atomic E-state index is 0.0137. The maximum absolute atomic E-state index is 15.0. The summed E-state index contributed by atoms with van der Waals surface area (Å²) in [5.41, 5.74) is -0.274. The number of amides is 1. The highest BCUT2D eigenvalue weighted by molar-refractivity contribution is 7.92. The van der Waals surface area contributed by atoms with Crippen molar-refractivity contribution in [3.63, 3.8) is 0 Å². The molecule has 0 aliphatic heterocycles. The van der Waals surface area contributed by atoms with Crippen LogP contribution >= 0.6 is 11.3 Å². The molecule has 0 radical (unpaired) electrons. The van der Waals surface area contributed by atoms with Gasteiger partial charge in [0.2, 0.25) is 5.91 Å². The molecule has 2 saturated carbocycles. The van der Waals surface area contributed by atoms with E-state index in [1.807, 2.05) is 19.9 Å². The summed E-state index contributed by atoms with van der Waals surface area (Å²) in [6.07, 6.45) is 0.709. The van der Waals surface area contributed by atoms with Crippen LogP contribution in [0, 0.1) is 31.1 Å². The number of hydrogen-bond donors (Lipinski definition) is 1. The van der Waals surface area contributed by atoms with Gasteiger partial charge in [0, 0.05) is 22.4 Å². The minimum atomic E-state index is -4.26. The van der Waals surface area contributed by atoms with E-state index in [1.54, 1.807) is 6.07 Å². The number of sulfone groups is 1. The predicted molar refractivity (Wildman–Crippen MR) is 134 cm³/mol. The van der Waals surface area contributed by atoms with Crippen molar-refractivity contribution in [2.75, 3.05) is 7.11 Å². The van der Waals surface area contributed by atoms with E-state index in [1.165, 1.54) is 30.6 Å². The van der Waals surface area contributed by atoms with Crippen molar-refractivity contribution in [2.45, 2.75) is 67.2 Å². The number of hydrogen-bond acceptors (Lipinski definition) is 6. The number of rotatable bonds is 8. The number of benzene rings is 1. The molecule has 1 aromatic carbocycles. The van der Waals surface area contributed by atoms with E-state index in [0.29, 0.717) is 24.5 Å². The van der Waals surface area contributed by atoms with Crippen LogP contribution in [0.2, 0.25) is 0 Å². The van der Waals surface area contributed by atoms with Crippen LogP contribution in [0.1, 0.15) is 41.0 Å². The molecule has 3 atom stereocenters. The summed E-state index contributed by atoms with van der Waals surface area (Å²) >= 11 is 1.53. The van der Waals surface area contributed by atoms with Crippen LogP contribution in [0.4, 0.5) is 8.78 Å². The summed E-state index contributed by atoms with van der Waals surface area (Å²) in [6, 6.07) is 7.96. The summed E-state index contributed by atoms with van der Waals surface area (Å²) in [6.45, 7) is 7.02. The molecule has 4 rings (SSSR count). The van der Waals surface area contributed by atoms with Gasteiger partial charge < -0.3 is 10.1 Å². The highest BCUT2D eigenvalue weighted by atomic mass is 32.2. The van der Waals surface area contributed by atoms with Crippen molar-refractivity contribution in [3.05, 3.63) is 52.2 Å². The predicted octanol–water partition coefficient (Wildman–Crippen LogP) is 5.05. The molecular weight excluding hydrogens is 506 g/mol. The van der Waals surface area contributed by atoms with E-state index < -0.39 is 54.9 Å². The van der Waals surface area contributed by atoms with E-state index in [4.69, 9.17) is 4.74 Å². The lowest BCUT2D eigenvalue weighted by Gasteiger charge is -2.21. The van der Waals surface area contributed by atoms with Crippen molar-refractivity contribution >= 4 is 27.1 Å². The van der Waals surface area contributed by atoms with Crippen LogP contribution in [0.25, 0.3) is 11.1 Å². The number of halogens is 2. The SMILES string of the molecule is C=CC(F)(F)c1cc(-c2cc(C)sc2C)ccc1S(=O)(=O)C1C[C@@H](OC)[C@H](C(=O)NC2(C#N)CC2)C1. The maximum atomic E-state index is 15.0. The van der Waals surface area contributed by atoms with Crippen molar-refractivity contribution in [1.82, 2.24) is 5.32 Å². The summed E-state index contributed by atoms with van der Waals surface area (Å²) in [5.74, 6) is -4.84. The average molecular weight is 535 g/mol. The van der Waals surface area contributed by atoms with Crippen LogP contribution in [0.3, 0.4) is 0 Å². The first kappa shape index (κ1) is 26.5. The number of methoxy groups -OCH3 is 1. The summed E-state index contributed by atoms with van der Waals surface area (Å²) < 4.78 is 62.9. The third kappa shape index (κ3) is 4.72. The number of nitrogens with one attached hydrogen (secondary N) is 1. The number of allylic oxidation sites excluding steroid dienone is 1. The average Bonchev–Trinajstić information content (AvgIpc) is 3.32. The van der Waals surface area contributed by atoms with Gasteiger partial charge in [-0.2, -0.15) is 14.0 Å². The summed E-state index contributed by atoms with van der Waals surface area (Å²) in [7, 11) is -2.88. The molecule has 1 aromatic heterocycles. The van der Waals surface area contributed by atoms with Gasteiger partial charge in [-0.15, -0.1) is 11.3 Å². The van der Waals surface area contributed by atoms with Gasteiger partial charge in [0.15, 0.2) is 9.84 Å². The van der Waals surface area contributed by atoms with Crippen LogP contribution in [0.15, 0.2) is 41.8 Å². The lowest BCUT2D eigenvalue weighted by Crippen LogP contribution is -2.42. The first-order valence-electron chi connectivity index (χ1n) is 11.6. The van der Waals surface area contributed by atoms with Gasteiger partial charge in [0.1, 0.15) is 5.54 Å². The van der Waals surface area contributed by atoms with E-state index in [9.17, 15) is 18.5 Å². The molecule has 1 amide bonds. The van der Waals surface area contributed by atoms with Gasteiger partial charge in [0.25, 0.3) is 5.92 Å². The Balaban J connectivity index is 1.70. The lowest BCUT2D eigenvalue weighted by atomic mass is 10.0. The van der Waals surface area contributed by atoms with Crippen molar-refractivity contribution in [2.24, 2.45) is 5.92 Å². The standard InChI is InChI=1S/C26H28F2N2O4S2/c1-5-26(27,28)21-11-17(19-10-15(2)35-16(19)3)6-7-23(21)36(32,33)18-12-20(22(13-18)34-4)24(31)30-25(14-29)8-9-25/h5-7,10-11,18,20,22H,1,8-9,12-13H2,2-4H3,(H,30,31)/t18?,20-,22-/m1/s1. The largest absolute Gasteiger partial charge is 0.381 e. The summed E-state index contributed by atoms with van der Waals surface area (Å²) in [4.78, 5) is 14.4. The zero-order chi connectivity index (χ0) is 26.5. The molecule has 36 heavy (non-hydrogen) atoms. The van der Waals surface area contributed by atoms with Gasteiger partial charge in [-0.05, 0) is 74.9 Å². The first-order chi connectivity index (χ1) is 16.9. The Morgan fingerprint density at radius 2 is 2.00 bits per heavy atom. The Morgan fingerprint density at radius 1 is 1.31 bits per heavy atom. The number of alkyl halides is 2. The molecule has 2 aliphatic carbocycles. The Hall–Kier alpha value is -2.61. The van der Waals surface area contributed by atoms with Crippen molar-refractivity contribution in [3.8, 4) is 17.2 Å². The smallest absolute Gasteiger partial charge is 0.292 e. The zero-order valence-electron chi connectivity index (χ0n) is 20.3. The number of thiophene rings is 1. The van der Waals surface area contributed by atoms with E-state index in [0.717, 1.165) is 15.3 Å². The number of nitrogens with zero attached hydrogens (tertiary/aromatic N) is 1. The van der Waals surface area contributed by atoms with Crippen LogP contribution in [-0.2, 0) is 25.3 Å². The Bertz CT molecular complexity index is 1360. The van der Waals surface area contributed by atoms with Gasteiger partial charge in [0.05, 0.1) is 28.2 Å². The van der Waals surface area contributed by atoms with Crippen LogP contribution < -0.4 is 5.32 Å². The molecule has 192 valence electrons. The molecule has 1 N–H and O–H groups in total. The molecule has 1 unspecified atom stereocenters. The van der Waals surface area contributed by atoms with Gasteiger partial charge in [-0.1, -0.05) is 12.6 Å². The maximum Gasteiger partial charge on any atom is 0.292 e. The molecule has 10 heteroatoms. The van der Waals surface area contributed by atoms with E-state index >= 15 is 8.78 Å². The van der Waals surface area contributed by atoms with Gasteiger partial charge >= 0.3 is 0 Å². The number of aryl methyl sites for hydroxylation is 2. The molecule has 2 fully saturated rings. The molecule has 1 heterocycles. The molecule has 0 saturated heterocycles. The lowest BCUT2D eigenvalue weighted by molar-refractivity contribution is -0.128. The Labute approximate surface area is 213 Å². The minimum Gasteiger partial charge on any atom is -0.381 e. The highest BCUT2D eigenvalue weighted by Gasteiger charge is 2.50. The second-order valence-electron chi connectivity index (χ2n) is 9.57. The van der Waals surface area contributed by atoms with Gasteiger partial charge in [-0.25, -0.2) is 8.42 Å². The quantitative estimate of drug-likeness (QED) is 0.478. The zero-order valence-corrected chi connectivity index (χ0v) is 21.9. The Kier molecular flexibility index (Phi) is 6.88. The third-order valence-electron chi connectivity index (χ3n) is 7.12. The molecule has 0 spiro atoms. The molecule has 2 aliphatic rings. The number of ether oxygens (including phenoxy) is 1. The van der Waals surface area contributed by atoms with Gasteiger partial charge in [-0.3, -0.25) is 4.79 Å². The van der Waals surface area contributed by atoms with E-state index in [-0.39, 0.29) is 12.8 Å². The van der Waals surface area contributed by atoms with Crippen molar-refractivity contribution in [1.29, 1.82) is 5.26 Å². The second-order valence-corrected chi connectivity index (χ2v) is 13.2. The fourth-order valence-corrected chi connectivity index (χ4v) is 7.84. The molecular formula is C26H28F2N2O4S2. The Morgan fingerprint density at radius 3 is 2.53 bits per heavy atom. The molecule has 0 bridgehead atoms. The first-order valence-corrected chi connectivity index (χ1v) is 14.0. The van der Waals surface area contributed by atoms with Crippen molar-refractivity contribution < 1.29 is 26.7 Å². The molecule has 2 aromatic rings. The third-order valence-corrected chi connectivity index (χ3v) is 10.3. The normalized spacial score (nSPS) is 23.2. The number of carbonyl (C=O) groups is 1. The summed E-state index contributed by atoms with van der Waals surface area (Å²) in [5, 5.41) is 10.9. The molecule has 6 nitrogen and oxygen atoms in total. The van der Waals surface area contributed by atoms with Crippen LogP contribution in [0.5, 0.6) is 0 Å². The fourth-order valence-electron chi connectivity index (χ4n) is 4.88. The number of carbonyl (C=O) groups excluding carboxylic acids is 1. The van der Waals surface area contributed by atoms with E-state index in [2.05, 4.69) is 18.0 Å². The second kappa shape index (κ2) is 9.36. The fraction of sp³-hybridized carbons (Fsp3) is 0.462.